The average Bonchev–Trinajstić information content (AvgIpc) is 2.53. The van der Waals surface area contributed by atoms with Gasteiger partial charge in [0, 0.05) is 12.2 Å². The number of nitrogens with one attached hydrogen (secondary N) is 1. The molecule has 0 unspecified atom stereocenters. The van der Waals surface area contributed by atoms with Crippen LogP contribution in [0.25, 0.3) is 0 Å². The van der Waals surface area contributed by atoms with E-state index in [2.05, 4.69) is 10.3 Å². The van der Waals surface area contributed by atoms with Crippen LogP contribution in [0.1, 0.15) is 37.6 Å². The van der Waals surface area contributed by atoms with Crippen molar-refractivity contribution in [3.05, 3.63) is 33.8 Å². The molecule has 0 aliphatic rings. The highest BCUT2D eigenvalue weighted by Crippen LogP contribution is 2.22. The lowest BCUT2D eigenvalue weighted by atomic mass is 10.2. The standard InChI is InChI=1S/C16H22Cl2N2O3/c1-4-11(3)19-16(23-9-8-22-5-2)20-15(21)12-6-7-13(17)14(18)10-12/h6-7,10-11H,4-5,8-9H2,1-3H3,(H,19,20,21)/t11-/m0/s1. The van der Waals surface area contributed by atoms with Gasteiger partial charge in [-0.05, 0) is 38.5 Å². The predicted molar refractivity (Wildman–Crippen MR) is 93.6 cm³/mol. The number of carbonyl (C=O) groups excluding carboxylic acids is 1. The van der Waals surface area contributed by atoms with Crippen molar-refractivity contribution in [1.29, 1.82) is 0 Å². The number of halogens is 2. The molecule has 1 aromatic rings. The molecule has 0 heterocycles. The zero-order chi connectivity index (χ0) is 17.2. The van der Waals surface area contributed by atoms with Crippen molar-refractivity contribution in [2.24, 2.45) is 4.99 Å². The van der Waals surface area contributed by atoms with Crippen molar-refractivity contribution in [2.75, 3.05) is 19.8 Å². The summed E-state index contributed by atoms with van der Waals surface area (Å²) >= 11 is 11.8. The number of amides is 1. The Morgan fingerprint density at radius 3 is 2.61 bits per heavy atom. The molecule has 128 valence electrons. The molecule has 0 aliphatic heterocycles. The number of benzene rings is 1. The molecular weight excluding hydrogens is 339 g/mol. The van der Waals surface area contributed by atoms with Crippen LogP contribution in [-0.2, 0) is 9.47 Å². The molecule has 5 nitrogen and oxygen atoms in total. The zero-order valence-corrected chi connectivity index (χ0v) is 15.1. The van der Waals surface area contributed by atoms with Gasteiger partial charge in [0.15, 0.2) is 0 Å². The largest absolute Gasteiger partial charge is 0.463 e. The quantitative estimate of drug-likeness (QED) is 0.455. The maximum absolute atomic E-state index is 12.3. The first kappa shape index (κ1) is 19.7. The minimum atomic E-state index is -0.359. The third kappa shape index (κ3) is 7.20. The fourth-order valence-electron chi connectivity index (χ4n) is 1.55. The Morgan fingerprint density at radius 2 is 2.00 bits per heavy atom. The van der Waals surface area contributed by atoms with Crippen LogP contribution in [0.15, 0.2) is 23.2 Å². The van der Waals surface area contributed by atoms with Gasteiger partial charge >= 0.3 is 0 Å². The van der Waals surface area contributed by atoms with Crippen molar-refractivity contribution >= 4 is 35.1 Å². The minimum absolute atomic E-state index is 0.0335. The summed E-state index contributed by atoms with van der Waals surface area (Å²) in [5.41, 5.74) is 0.379. The van der Waals surface area contributed by atoms with E-state index in [0.717, 1.165) is 6.42 Å². The molecule has 0 fully saturated rings. The normalized spacial score (nSPS) is 12.8. The number of aliphatic imine (C=N–C) groups is 1. The summed E-state index contributed by atoms with van der Waals surface area (Å²) < 4.78 is 10.7. The highest BCUT2D eigenvalue weighted by molar-refractivity contribution is 6.42. The molecule has 0 saturated carbocycles. The van der Waals surface area contributed by atoms with Crippen LogP contribution in [-0.4, -0.2) is 37.8 Å². The Kier molecular flexibility index (Phi) is 8.99. The number of hydrogen-bond donors (Lipinski definition) is 1. The first-order chi connectivity index (χ1) is 11.0. The molecule has 1 N–H and O–H groups in total. The molecule has 0 spiro atoms. The van der Waals surface area contributed by atoms with Gasteiger partial charge in [-0.3, -0.25) is 10.1 Å². The highest BCUT2D eigenvalue weighted by Gasteiger charge is 2.12. The molecule has 1 atom stereocenters. The van der Waals surface area contributed by atoms with E-state index in [9.17, 15) is 4.79 Å². The lowest BCUT2D eigenvalue weighted by molar-refractivity contribution is 0.0921. The molecule has 0 saturated heterocycles. The number of hydrogen-bond acceptors (Lipinski definition) is 4. The SMILES string of the molecule is CCOCCOC(=N[C@@H](C)CC)NC(=O)c1ccc(Cl)c(Cl)c1. The van der Waals surface area contributed by atoms with Gasteiger partial charge in [0.25, 0.3) is 11.9 Å². The van der Waals surface area contributed by atoms with Gasteiger partial charge in [0.2, 0.25) is 0 Å². The van der Waals surface area contributed by atoms with Gasteiger partial charge in [-0.25, -0.2) is 4.99 Å². The third-order valence-electron chi connectivity index (χ3n) is 3.00. The van der Waals surface area contributed by atoms with Gasteiger partial charge in [0.1, 0.15) is 6.61 Å². The minimum Gasteiger partial charge on any atom is -0.463 e. The van der Waals surface area contributed by atoms with E-state index in [-0.39, 0.29) is 18.0 Å². The summed E-state index contributed by atoms with van der Waals surface area (Å²) in [7, 11) is 0. The fraction of sp³-hybridized carbons (Fsp3) is 0.500. The van der Waals surface area contributed by atoms with Crippen LogP contribution in [0.4, 0.5) is 0 Å². The van der Waals surface area contributed by atoms with E-state index in [0.29, 0.717) is 35.4 Å². The molecule has 1 aromatic carbocycles. The third-order valence-corrected chi connectivity index (χ3v) is 3.74. The van der Waals surface area contributed by atoms with Gasteiger partial charge in [-0.1, -0.05) is 30.1 Å². The molecule has 0 radical (unpaired) electrons. The topological polar surface area (TPSA) is 59.9 Å². The van der Waals surface area contributed by atoms with Gasteiger partial charge in [-0.2, -0.15) is 0 Å². The van der Waals surface area contributed by atoms with E-state index >= 15 is 0 Å². The number of amidine groups is 1. The van der Waals surface area contributed by atoms with Crippen LogP contribution in [0.2, 0.25) is 10.0 Å². The Balaban J connectivity index is 2.76. The predicted octanol–water partition coefficient (Wildman–Crippen LogP) is 3.93. The monoisotopic (exact) mass is 360 g/mol. The number of ether oxygens (including phenoxy) is 2. The van der Waals surface area contributed by atoms with Crippen LogP contribution in [0.5, 0.6) is 0 Å². The van der Waals surface area contributed by atoms with E-state index in [4.69, 9.17) is 32.7 Å². The molecule has 23 heavy (non-hydrogen) atoms. The summed E-state index contributed by atoms with van der Waals surface area (Å²) in [5, 5.41) is 3.36. The Morgan fingerprint density at radius 1 is 1.26 bits per heavy atom. The first-order valence-electron chi connectivity index (χ1n) is 7.52. The van der Waals surface area contributed by atoms with Gasteiger partial charge in [0.05, 0.1) is 22.7 Å². The summed E-state index contributed by atoms with van der Waals surface area (Å²) in [6, 6.07) is 4.87. The zero-order valence-electron chi connectivity index (χ0n) is 13.6. The van der Waals surface area contributed by atoms with E-state index in [1.807, 2.05) is 20.8 Å². The fourth-order valence-corrected chi connectivity index (χ4v) is 1.84. The van der Waals surface area contributed by atoms with Crippen LogP contribution in [0.3, 0.4) is 0 Å². The summed E-state index contributed by atoms with van der Waals surface area (Å²) in [5.74, 6) is -0.359. The summed E-state index contributed by atoms with van der Waals surface area (Å²) in [6.07, 6.45) is 0.834. The molecule has 0 aromatic heterocycles. The second-order valence-corrected chi connectivity index (χ2v) is 5.63. The Hall–Kier alpha value is -1.30. The maximum atomic E-state index is 12.3. The van der Waals surface area contributed by atoms with Crippen LogP contribution in [0, 0.1) is 0 Å². The van der Waals surface area contributed by atoms with E-state index in [1.165, 1.54) is 6.07 Å². The smallest absolute Gasteiger partial charge is 0.292 e. The summed E-state index contributed by atoms with van der Waals surface area (Å²) in [4.78, 5) is 16.6. The highest BCUT2D eigenvalue weighted by atomic mass is 35.5. The van der Waals surface area contributed by atoms with Crippen molar-refractivity contribution < 1.29 is 14.3 Å². The van der Waals surface area contributed by atoms with Crippen molar-refractivity contribution in [1.82, 2.24) is 5.32 Å². The van der Waals surface area contributed by atoms with Crippen molar-refractivity contribution in [3.63, 3.8) is 0 Å². The van der Waals surface area contributed by atoms with Gasteiger partial charge < -0.3 is 9.47 Å². The van der Waals surface area contributed by atoms with Gasteiger partial charge in [-0.15, -0.1) is 0 Å². The average molecular weight is 361 g/mol. The number of rotatable bonds is 7. The second kappa shape index (κ2) is 10.5. The Bertz CT molecular complexity index is 550. The van der Waals surface area contributed by atoms with E-state index < -0.39 is 0 Å². The summed E-state index contributed by atoms with van der Waals surface area (Å²) in [6.45, 7) is 7.20. The molecular formula is C16H22Cl2N2O3. The second-order valence-electron chi connectivity index (χ2n) is 4.82. The number of carbonyl (C=O) groups is 1. The molecule has 0 aliphatic carbocycles. The first-order valence-corrected chi connectivity index (χ1v) is 8.28. The van der Waals surface area contributed by atoms with Crippen LogP contribution >= 0.6 is 23.2 Å². The van der Waals surface area contributed by atoms with Crippen molar-refractivity contribution in [3.8, 4) is 0 Å². The number of nitrogens with zero attached hydrogens (tertiary/aromatic N) is 1. The molecule has 1 rings (SSSR count). The molecule has 1 amide bonds. The maximum Gasteiger partial charge on any atom is 0.292 e. The lowest BCUT2D eigenvalue weighted by Gasteiger charge is -2.13. The molecule has 0 bridgehead atoms. The van der Waals surface area contributed by atoms with Crippen molar-refractivity contribution in [2.45, 2.75) is 33.2 Å². The Labute approximate surface area is 147 Å². The molecule has 7 heteroatoms. The lowest BCUT2D eigenvalue weighted by Crippen LogP contribution is -2.34. The van der Waals surface area contributed by atoms with Crippen LogP contribution < -0.4 is 5.32 Å². The van der Waals surface area contributed by atoms with E-state index in [1.54, 1.807) is 12.1 Å².